The van der Waals surface area contributed by atoms with Gasteiger partial charge in [0.1, 0.15) is 0 Å². The van der Waals surface area contributed by atoms with Crippen LogP contribution in [0.2, 0.25) is 35.8 Å². The maximum atomic E-state index is 11.9. The summed E-state index contributed by atoms with van der Waals surface area (Å²) in [6.45, 7) is 29.8. The Labute approximate surface area is 268 Å². The maximum absolute atomic E-state index is 11.9. The summed E-state index contributed by atoms with van der Waals surface area (Å²) in [6, 6.07) is 0.977. The number of carbonyl (C=O) groups excluding carboxylic acids is 1. The molecule has 0 amide bonds. The van der Waals surface area contributed by atoms with Crippen molar-refractivity contribution >= 4 is 45.2 Å². The van der Waals surface area contributed by atoms with Crippen LogP contribution in [0.15, 0.2) is 46.1 Å². The van der Waals surface area contributed by atoms with E-state index in [1.54, 1.807) is 13.2 Å². The van der Waals surface area contributed by atoms with Crippen molar-refractivity contribution in [2.45, 2.75) is 123 Å². The molecule has 6 atom stereocenters. The number of methoxy groups -OCH3 is 1. The SMILES string of the molecule is CO[C@@H]([C@@H](C)[C@H]1O[Si](C(C)(C)C)(C(C)(C)C)O[C@@H](/C(C)=C\I)[C@H]1C)[C@@H](C)/C=C/C=C/C=C/C(=O)OCC[Si](C)(C)C. The quantitative estimate of drug-likeness (QED) is 0.0662. The van der Waals surface area contributed by atoms with Gasteiger partial charge in [-0.15, -0.1) is 0 Å². The molecule has 236 valence electrons. The van der Waals surface area contributed by atoms with Crippen molar-refractivity contribution in [1.82, 2.24) is 0 Å². The van der Waals surface area contributed by atoms with Crippen LogP contribution in [0.3, 0.4) is 0 Å². The van der Waals surface area contributed by atoms with Crippen LogP contribution in [0.1, 0.15) is 69.2 Å². The second-order valence-corrected chi connectivity index (χ2v) is 25.9. The monoisotopic (exact) mass is 718 g/mol. The highest BCUT2D eigenvalue weighted by Gasteiger charge is 2.64. The lowest BCUT2D eigenvalue weighted by molar-refractivity contribution is -0.137. The van der Waals surface area contributed by atoms with Gasteiger partial charge >= 0.3 is 14.5 Å². The second kappa shape index (κ2) is 16.0. The van der Waals surface area contributed by atoms with E-state index in [-0.39, 0.29) is 52.1 Å². The topological polar surface area (TPSA) is 54.0 Å². The molecule has 0 bridgehead atoms. The fourth-order valence-electron chi connectivity index (χ4n) is 5.99. The third-order valence-electron chi connectivity index (χ3n) is 8.09. The number of ether oxygens (including phenoxy) is 2. The molecule has 0 aromatic rings. The molecule has 1 aliphatic heterocycles. The minimum absolute atomic E-state index is 0.00333. The first-order chi connectivity index (χ1) is 18.7. The van der Waals surface area contributed by atoms with E-state index in [1.807, 2.05) is 18.2 Å². The summed E-state index contributed by atoms with van der Waals surface area (Å²) in [5.74, 6) is 0.203. The zero-order valence-electron chi connectivity index (χ0n) is 28.3. The maximum Gasteiger partial charge on any atom is 0.350 e. The molecule has 0 unspecified atom stereocenters. The molecule has 41 heavy (non-hydrogen) atoms. The Balaban J connectivity index is 3.09. The molecule has 1 heterocycles. The molecule has 0 radical (unpaired) electrons. The van der Waals surface area contributed by atoms with Crippen LogP contribution in [0.4, 0.5) is 0 Å². The average Bonchev–Trinajstić information content (AvgIpc) is 2.83. The van der Waals surface area contributed by atoms with Gasteiger partial charge in [-0.05, 0) is 22.6 Å². The largest absolute Gasteiger partial charge is 0.463 e. The molecule has 1 aliphatic rings. The highest BCUT2D eigenvalue weighted by atomic mass is 127. The predicted molar refractivity (Wildman–Crippen MR) is 188 cm³/mol. The van der Waals surface area contributed by atoms with Gasteiger partial charge in [-0.1, -0.05) is 135 Å². The van der Waals surface area contributed by atoms with E-state index in [4.69, 9.17) is 18.3 Å². The molecule has 0 saturated carbocycles. The molecule has 8 heteroatoms. The fraction of sp³-hybridized carbons (Fsp3) is 0.727. The number of allylic oxidation sites excluding steroid dienone is 4. The van der Waals surface area contributed by atoms with Crippen molar-refractivity contribution in [2.24, 2.45) is 17.8 Å². The predicted octanol–water partition coefficient (Wildman–Crippen LogP) is 9.62. The van der Waals surface area contributed by atoms with Crippen molar-refractivity contribution in [2.75, 3.05) is 13.7 Å². The first-order valence-corrected chi connectivity index (χ1v) is 21.8. The highest BCUT2D eigenvalue weighted by molar-refractivity contribution is 14.1. The summed E-state index contributed by atoms with van der Waals surface area (Å²) in [5.41, 5.74) is 1.25. The van der Waals surface area contributed by atoms with Crippen LogP contribution >= 0.6 is 22.6 Å². The van der Waals surface area contributed by atoms with Gasteiger partial charge in [0.05, 0.1) is 24.9 Å². The van der Waals surface area contributed by atoms with E-state index < -0.39 is 16.6 Å². The Morgan fingerprint density at radius 1 is 1.00 bits per heavy atom. The molecular formula is C33H59IO5Si2. The zero-order chi connectivity index (χ0) is 31.8. The van der Waals surface area contributed by atoms with Gasteiger partial charge in [0.15, 0.2) is 0 Å². The van der Waals surface area contributed by atoms with Crippen molar-refractivity contribution in [3.05, 3.63) is 46.1 Å². The number of carbonyl (C=O) groups is 1. The highest BCUT2D eigenvalue weighted by Crippen LogP contribution is 2.57. The minimum Gasteiger partial charge on any atom is -0.463 e. The number of hydrogen-bond donors (Lipinski definition) is 0. The molecule has 0 aromatic heterocycles. The molecule has 0 N–H and O–H groups in total. The lowest BCUT2D eigenvalue weighted by Crippen LogP contribution is -2.67. The first kappa shape index (κ1) is 38.5. The van der Waals surface area contributed by atoms with Gasteiger partial charge in [-0.3, -0.25) is 0 Å². The number of esters is 1. The Hall–Kier alpha value is -0.526. The Bertz CT molecular complexity index is 938. The Morgan fingerprint density at radius 2 is 1.56 bits per heavy atom. The van der Waals surface area contributed by atoms with Gasteiger partial charge in [0.2, 0.25) is 0 Å². The smallest absolute Gasteiger partial charge is 0.350 e. The van der Waals surface area contributed by atoms with E-state index in [0.717, 1.165) is 6.04 Å². The zero-order valence-corrected chi connectivity index (χ0v) is 32.5. The van der Waals surface area contributed by atoms with E-state index in [1.165, 1.54) is 11.6 Å². The average molecular weight is 719 g/mol. The third kappa shape index (κ3) is 10.9. The summed E-state index contributed by atoms with van der Waals surface area (Å²) in [6.07, 6.45) is 11.2. The van der Waals surface area contributed by atoms with Crippen molar-refractivity contribution in [3.63, 3.8) is 0 Å². The van der Waals surface area contributed by atoms with Gasteiger partial charge in [-0.2, -0.15) is 0 Å². The van der Waals surface area contributed by atoms with E-state index in [9.17, 15) is 4.79 Å². The first-order valence-electron chi connectivity index (χ1n) is 15.1. The molecule has 0 spiro atoms. The molecule has 1 rings (SSSR count). The van der Waals surface area contributed by atoms with Gasteiger partial charge in [0, 0.05) is 49.1 Å². The van der Waals surface area contributed by atoms with Crippen LogP contribution in [-0.4, -0.2) is 54.6 Å². The van der Waals surface area contributed by atoms with Gasteiger partial charge < -0.3 is 18.3 Å². The van der Waals surface area contributed by atoms with Crippen molar-refractivity contribution in [1.29, 1.82) is 0 Å². The second-order valence-electron chi connectivity index (χ2n) is 15.0. The summed E-state index contributed by atoms with van der Waals surface area (Å²) in [5, 5.41) is -0.222. The third-order valence-corrected chi connectivity index (χ3v) is 15.9. The molecule has 5 nitrogen and oxygen atoms in total. The van der Waals surface area contributed by atoms with Gasteiger partial charge in [-0.25, -0.2) is 4.79 Å². The Kier molecular flexibility index (Phi) is 15.0. The van der Waals surface area contributed by atoms with Crippen LogP contribution in [0.5, 0.6) is 0 Å². The van der Waals surface area contributed by atoms with Crippen LogP contribution < -0.4 is 0 Å². The van der Waals surface area contributed by atoms with Crippen LogP contribution in [0.25, 0.3) is 0 Å². The molecular weight excluding hydrogens is 659 g/mol. The molecule has 1 fully saturated rings. The number of rotatable bonds is 12. The van der Waals surface area contributed by atoms with E-state index in [0.29, 0.717) is 6.61 Å². The van der Waals surface area contributed by atoms with E-state index >= 15 is 0 Å². The lowest BCUT2D eigenvalue weighted by Gasteiger charge is -2.58. The van der Waals surface area contributed by atoms with E-state index in [2.05, 4.69) is 122 Å². The summed E-state index contributed by atoms with van der Waals surface area (Å²) < 4.78 is 28.0. The van der Waals surface area contributed by atoms with Gasteiger partial charge in [0.25, 0.3) is 0 Å². The normalized spacial score (nSPS) is 25.1. The lowest BCUT2D eigenvalue weighted by atomic mass is 9.81. The summed E-state index contributed by atoms with van der Waals surface area (Å²) >= 11 is 2.33. The summed E-state index contributed by atoms with van der Waals surface area (Å²) in [7, 11) is -2.13. The molecule has 0 aliphatic carbocycles. The minimum atomic E-state index is -2.73. The fourth-order valence-corrected chi connectivity index (χ4v) is 12.3. The number of hydrogen-bond acceptors (Lipinski definition) is 5. The van der Waals surface area contributed by atoms with Crippen LogP contribution in [-0.2, 0) is 23.1 Å². The summed E-state index contributed by atoms with van der Waals surface area (Å²) in [4.78, 5) is 11.9. The standard InChI is InChI=1S/C33H59IO5Si2/c1-24(19-17-15-16-18-20-28(35)37-21-22-40(12,13)14)29(36-11)26(3)31-27(4)30(25(2)23-34)38-41(39-31,32(5,6)7)33(8,9)10/h15-20,23-24,26-27,29-31H,21-22H2,1-14H3/b16-15+,19-17+,20-18+,25-23-/t24-,26+,27+,29+,30-,31+/m0/s1. The molecule has 0 aromatic carbocycles. The molecule has 1 saturated heterocycles. The Morgan fingerprint density at radius 3 is 2.05 bits per heavy atom. The number of halogens is 1. The van der Waals surface area contributed by atoms with Crippen molar-refractivity contribution in [3.8, 4) is 0 Å². The van der Waals surface area contributed by atoms with Crippen molar-refractivity contribution < 1.29 is 23.1 Å². The van der Waals surface area contributed by atoms with Crippen LogP contribution in [0, 0.1) is 17.8 Å².